The molecule has 19 heavy (non-hydrogen) atoms. The summed E-state index contributed by atoms with van der Waals surface area (Å²) in [5.41, 5.74) is 8.40. The number of hydrogen-bond donors (Lipinski definition) is 1. The Morgan fingerprint density at radius 3 is 2.95 bits per heavy atom. The lowest BCUT2D eigenvalue weighted by molar-refractivity contribution is 0.549. The topological polar surface area (TPSA) is 43.8 Å². The van der Waals surface area contributed by atoms with Crippen LogP contribution in [0.25, 0.3) is 11.0 Å². The zero-order valence-corrected chi connectivity index (χ0v) is 12.0. The Balaban J connectivity index is 1.98. The molecule has 0 aliphatic heterocycles. The Morgan fingerprint density at radius 1 is 1.47 bits per heavy atom. The lowest BCUT2D eigenvalue weighted by Crippen LogP contribution is -2.26. The van der Waals surface area contributed by atoms with Gasteiger partial charge in [-0.3, -0.25) is 0 Å². The molecule has 102 valence electrons. The Kier molecular flexibility index (Phi) is 3.50. The summed E-state index contributed by atoms with van der Waals surface area (Å²) in [5.74, 6) is 1.82. The van der Waals surface area contributed by atoms with Crippen LogP contribution in [0.1, 0.15) is 32.0 Å². The van der Waals surface area contributed by atoms with Gasteiger partial charge in [-0.2, -0.15) is 0 Å². The molecule has 0 spiro atoms. The van der Waals surface area contributed by atoms with Crippen molar-refractivity contribution in [3.8, 4) is 0 Å². The summed E-state index contributed by atoms with van der Waals surface area (Å²) in [6.07, 6.45) is 4.52. The number of benzene rings is 1. The average molecular weight is 278 g/mol. The Labute approximate surface area is 118 Å². The van der Waals surface area contributed by atoms with Crippen molar-refractivity contribution in [1.29, 1.82) is 0 Å². The minimum absolute atomic E-state index is 0.253. The molecule has 4 heteroatoms. The highest BCUT2D eigenvalue weighted by Crippen LogP contribution is 2.33. The quantitative estimate of drug-likeness (QED) is 0.910. The number of aryl methyl sites for hydroxylation is 1. The van der Waals surface area contributed by atoms with E-state index in [2.05, 4.69) is 11.5 Å². The first-order chi connectivity index (χ1) is 9.19. The highest BCUT2D eigenvalue weighted by atomic mass is 35.5. The summed E-state index contributed by atoms with van der Waals surface area (Å²) >= 11 is 6.10. The fraction of sp³-hybridized carbons (Fsp3) is 0.533. The summed E-state index contributed by atoms with van der Waals surface area (Å²) in [7, 11) is 0. The van der Waals surface area contributed by atoms with Gasteiger partial charge in [-0.25, -0.2) is 4.98 Å². The van der Waals surface area contributed by atoms with Crippen LogP contribution < -0.4 is 5.73 Å². The molecule has 0 amide bonds. The van der Waals surface area contributed by atoms with Gasteiger partial charge >= 0.3 is 0 Å². The zero-order chi connectivity index (χ0) is 13.4. The van der Waals surface area contributed by atoms with E-state index < -0.39 is 0 Å². The fourth-order valence-electron chi connectivity index (χ4n) is 2.68. The van der Waals surface area contributed by atoms with Crippen LogP contribution in [-0.4, -0.2) is 15.6 Å². The van der Waals surface area contributed by atoms with E-state index in [0.717, 1.165) is 41.3 Å². The van der Waals surface area contributed by atoms with Crippen molar-refractivity contribution < 1.29 is 0 Å². The van der Waals surface area contributed by atoms with Gasteiger partial charge in [0.25, 0.3) is 0 Å². The highest BCUT2D eigenvalue weighted by Gasteiger charge is 2.29. The molecular formula is C15H20ClN3. The van der Waals surface area contributed by atoms with Gasteiger partial charge in [0, 0.05) is 24.0 Å². The standard InChI is InChI=1S/C15H20ClN3/c1-2-7-19-14-8-11(16)5-6-13(14)18-15(19)9-12(17)10-3-4-10/h5-6,8,10,12H,2-4,7,9,17H2,1H3. The molecule has 1 saturated carbocycles. The van der Waals surface area contributed by atoms with Crippen LogP contribution in [0.5, 0.6) is 0 Å². The second kappa shape index (κ2) is 5.14. The second-order valence-electron chi connectivity index (χ2n) is 5.52. The number of imidazole rings is 1. The summed E-state index contributed by atoms with van der Waals surface area (Å²) in [6, 6.07) is 6.15. The van der Waals surface area contributed by atoms with Crippen LogP contribution in [0.15, 0.2) is 18.2 Å². The Bertz CT molecular complexity index is 586. The first-order valence-corrected chi connectivity index (χ1v) is 7.47. The molecule has 0 bridgehead atoms. The first-order valence-electron chi connectivity index (χ1n) is 7.09. The van der Waals surface area contributed by atoms with E-state index in [9.17, 15) is 0 Å². The summed E-state index contributed by atoms with van der Waals surface area (Å²) < 4.78 is 2.28. The van der Waals surface area contributed by atoms with Crippen LogP contribution in [0.2, 0.25) is 5.02 Å². The Morgan fingerprint density at radius 2 is 2.26 bits per heavy atom. The van der Waals surface area contributed by atoms with Crippen LogP contribution in [0, 0.1) is 5.92 Å². The minimum atomic E-state index is 0.253. The van der Waals surface area contributed by atoms with E-state index in [4.69, 9.17) is 22.3 Å². The summed E-state index contributed by atoms with van der Waals surface area (Å²) in [6.45, 7) is 3.16. The smallest absolute Gasteiger partial charge is 0.111 e. The third kappa shape index (κ3) is 2.63. The maximum atomic E-state index is 6.25. The van der Waals surface area contributed by atoms with Crippen molar-refractivity contribution >= 4 is 22.6 Å². The largest absolute Gasteiger partial charge is 0.328 e. The third-order valence-corrected chi connectivity index (χ3v) is 4.12. The van der Waals surface area contributed by atoms with Gasteiger partial charge in [0.1, 0.15) is 5.82 Å². The molecule has 1 aliphatic rings. The lowest BCUT2D eigenvalue weighted by Gasteiger charge is -2.12. The molecule has 0 saturated heterocycles. The van der Waals surface area contributed by atoms with Gasteiger partial charge in [-0.15, -0.1) is 0 Å². The van der Waals surface area contributed by atoms with Crippen molar-refractivity contribution in [1.82, 2.24) is 9.55 Å². The molecular weight excluding hydrogens is 258 g/mol. The number of fused-ring (bicyclic) bond motifs is 1. The van der Waals surface area contributed by atoms with E-state index in [1.54, 1.807) is 0 Å². The summed E-state index contributed by atoms with van der Waals surface area (Å²) in [5, 5.41) is 0.766. The number of aromatic nitrogens is 2. The van der Waals surface area contributed by atoms with Gasteiger partial charge in [0.15, 0.2) is 0 Å². The fourth-order valence-corrected chi connectivity index (χ4v) is 2.84. The zero-order valence-electron chi connectivity index (χ0n) is 11.3. The molecule has 1 fully saturated rings. The third-order valence-electron chi connectivity index (χ3n) is 3.88. The number of halogens is 1. The molecule has 2 N–H and O–H groups in total. The second-order valence-corrected chi connectivity index (χ2v) is 5.95. The molecule has 1 atom stereocenters. The van der Waals surface area contributed by atoms with Gasteiger partial charge < -0.3 is 10.3 Å². The predicted molar refractivity (Wildman–Crippen MR) is 79.4 cm³/mol. The van der Waals surface area contributed by atoms with Crippen LogP contribution in [-0.2, 0) is 13.0 Å². The first kappa shape index (κ1) is 12.9. The normalized spacial score (nSPS) is 17.0. The number of nitrogens with zero attached hydrogens (tertiary/aromatic N) is 2. The van der Waals surface area contributed by atoms with Gasteiger partial charge in [-0.05, 0) is 43.4 Å². The van der Waals surface area contributed by atoms with Crippen molar-refractivity contribution in [2.24, 2.45) is 11.7 Å². The molecule has 0 radical (unpaired) electrons. The molecule has 1 aliphatic carbocycles. The SMILES string of the molecule is CCCn1c(CC(N)C2CC2)nc2ccc(Cl)cc21. The minimum Gasteiger partial charge on any atom is -0.328 e. The van der Waals surface area contributed by atoms with E-state index in [1.165, 1.54) is 12.8 Å². The van der Waals surface area contributed by atoms with Gasteiger partial charge in [0.2, 0.25) is 0 Å². The molecule has 1 heterocycles. The van der Waals surface area contributed by atoms with E-state index >= 15 is 0 Å². The van der Waals surface area contributed by atoms with Gasteiger partial charge in [-0.1, -0.05) is 18.5 Å². The Hall–Kier alpha value is -1.06. The average Bonchev–Trinajstić information content (AvgIpc) is 3.17. The lowest BCUT2D eigenvalue weighted by atomic mass is 10.1. The van der Waals surface area contributed by atoms with Crippen molar-refractivity contribution in [2.75, 3.05) is 0 Å². The van der Waals surface area contributed by atoms with E-state index in [-0.39, 0.29) is 6.04 Å². The molecule has 1 aromatic carbocycles. The van der Waals surface area contributed by atoms with Gasteiger partial charge in [0.05, 0.1) is 11.0 Å². The van der Waals surface area contributed by atoms with Crippen molar-refractivity contribution in [2.45, 2.75) is 45.2 Å². The number of hydrogen-bond acceptors (Lipinski definition) is 2. The van der Waals surface area contributed by atoms with E-state index in [0.29, 0.717) is 5.92 Å². The summed E-state index contributed by atoms with van der Waals surface area (Å²) in [4.78, 5) is 4.75. The highest BCUT2D eigenvalue weighted by molar-refractivity contribution is 6.31. The number of rotatable bonds is 5. The molecule has 3 nitrogen and oxygen atoms in total. The maximum absolute atomic E-state index is 6.25. The molecule has 2 aromatic rings. The molecule has 1 unspecified atom stereocenters. The monoisotopic (exact) mass is 277 g/mol. The predicted octanol–water partition coefficient (Wildman–Crippen LogP) is 3.38. The van der Waals surface area contributed by atoms with Crippen LogP contribution in [0.4, 0.5) is 0 Å². The maximum Gasteiger partial charge on any atom is 0.111 e. The molecule has 3 rings (SSSR count). The van der Waals surface area contributed by atoms with Crippen molar-refractivity contribution in [3.05, 3.63) is 29.0 Å². The van der Waals surface area contributed by atoms with Crippen molar-refractivity contribution in [3.63, 3.8) is 0 Å². The van der Waals surface area contributed by atoms with E-state index in [1.807, 2.05) is 18.2 Å². The number of nitrogens with two attached hydrogens (primary N) is 1. The molecule has 1 aromatic heterocycles. The van der Waals surface area contributed by atoms with Crippen LogP contribution >= 0.6 is 11.6 Å². The van der Waals surface area contributed by atoms with Crippen LogP contribution in [0.3, 0.4) is 0 Å².